The zero-order valence-electron chi connectivity index (χ0n) is 19.1. The Morgan fingerprint density at radius 2 is 1.44 bits per heavy atom. The van der Waals surface area contributed by atoms with Crippen molar-refractivity contribution in [3.05, 3.63) is 54.1 Å². The maximum Gasteiger partial charge on any atom is 0.257 e. The number of aryl methyl sites for hydroxylation is 1. The minimum Gasteiger partial charge on any atom is -0.484 e. The number of benzene rings is 2. The summed E-state index contributed by atoms with van der Waals surface area (Å²) >= 11 is 0. The number of sulfonamides is 2. The van der Waals surface area contributed by atoms with Crippen molar-refractivity contribution in [1.29, 1.82) is 0 Å². The molecule has 34 heavy (non-hydrogen) atoms. The van der Waals surface area contributed by atoms with Gasteiger partial charge in [-0.05, 0) is 56.2 Å². The molecule has 3 rings (SSSR count). The van der Waals surface area contributed by atoms with Crippen LogP contribution in [0.1, 0.15) is 37.7 Å². The lowest BCUT2D eigenvalue weighted by Gasteiger charge is -2.22. The highest BCUT2D eigenvalue weighted by atomic mass is 32.2. The van der Waals surface area contributed by atoms with E-state index in [1.54, 1.807) is 12.1 Å². The highest BCUT2D eigenvalue weighted by Crippen LogP contribution is 2.21. The van der Waals surface area contributed by atoms with Gasteiger partial charge < -0.3 is 10.1 Å². The zero-order chi connectivity index (χ0) is 24.6. The predicted octanol–water partition coefficient (Wildman–Crippen LogP) is 2.08. The number of amides is 1. The summed E-state index contributed by atoms with van der Waals surface area (Å²) in [6.45, 7) is 1.71. The Hall–Kier alpha value is -2.47. The standard InChI is InChI=1S/C23H31N3O6S2/c1-18-7-11-21(12-8-18)33(28,29)25-16-15-24-23(27)17-32-20-9-13-22(14-10-20)34(30,31)26-19-5-3-2-4-6-19/h7-14,19,25-26H,2-6,15-17H2,1H3,(H,24,27). The number of carbonyl (C=O) groups is 1. The Morgan fingerprint density at radius 1 is 0.853 bits per heavy atom. The van der Waals surface area contributed by atoms with Gasteiger partial charge in [-0.3, -0.25) is 4.79 Å². The fourth-order valence-electron chi connectivity index (χ4n) is 3.61. The summed E-state index contributed by atoms with van der Waals surface area (Å²) in [5.41, 5.74) is 0.957. The average Bonchev–Trinajstić information content (AvgIpc) is 2.81. The molecular formula is C23H31N3O6S2. The van der Waals surface area contributed by atoms with Crippen molar-refractivity contribution in [3.63, 3.8) is 0 Å². The first-order valence-corrected chi connectivity index (χ1v) is 14.2. The molecule has 0 unspecified atom stereocenters. The molecule has 1 saturated carbocycles. The van der Waals surface area contributed by atoms with Crippen LogP contribution in [0.2, 0.25) is 0 Å². The van der Waals surface area contributed by atoms with E-state index in [9.17, 15) is 21.6 Å². The molecule has 0 spiro atoms. The summed E-state index contributed by atoms with van der Waals surface area (Å²) in [7, 11) is -7.24. The second kappa shape index (κ2) is 11.8. The van der Waals surface area contributed by atoms with Crippen LogP contribution in [-0.2, 0) is 24.8 Å². The van der Waals surface area contributed by atoms with E-state index < -0.39 is 26.0 Å². The number of carbonyl (C=O) groups excluding carboxylic acids is 1. The maximum absolute atomic E-state index is 12.5. The molecule has 186 valence electrons. The highest BCUT2D eigenvalue weighted by Gasteiger charge is 2.21. The molecule has 0 aromatic heterocycles. The molecule has 0 heterocycles. The van der Waals surface area contributed by atoms with E-state index in [0.29, 0.717) is 5.75 Å². The first-order valence-electron chi connectivity index (χ1n) is 11.2. The van der Waals surface area contributed by atoms with Crippen molar-refractivity contribution in [2.45, 2.75) is 54.9 Å². The van der Waals surface area contributed by atoms with Gasteiger partial charge in [-0.15, -0.1) is 0 Å². The fourth-order valence-corrected chi connectivity index (χ4v) is 5.95. The monoisotopic (exact) mass is 509 g/mol. The van der Waals surface area contributed by atoms with E-state index in [-0.39, 0.29) is 35.5 Å². The molecule has 11 heteroatoms. The number of hydrogen-bond acceptors (Lipinski definition) is 6. The molecule has 2 aromatic rings. The van der Waals surface area contributed by atoms with Gasteiger partial charge in [-0.1, -0.05) is 37.0 Å². The normalized spacial score (nSPS) is 15.1. The Morgan fingerprint density at radius 3 is 2.09 bits per heavy atom. The van der Waals surface area contributed by atoms with Crippen molar-refractivity contribution in [1.82, 2.24) is 14.8 Å². The topological polar surface area (TPSA) is 131 Å². The molecule has 0 aliphatic heterocycles. The molecule has 1 aliphatic rings. The van der Waals surface area contributed by atoms with E-state index in [1.165, 1.54) is 36.4 Å². The van der Waals surface area contributed by atoms with Gasteiger partial charge in [0.1, 0.15) is 5.75 Å². The van der Waals surface area contributed by atoms with Gasteiger partial charge in [0.25, 0.3) is 5.91 Å². The number of ether oxygens (including phenoxy) is 1. The van der Waals surface area contributed by atoms with Gasteiger partial charge in [0, 0.05) is 19.1 Å². The second-order valence-electron chi connectivity index (χ2n) is 8.28. The van der Waals surface area contributed by atoms with E-state index in [1.807, 2.05) is 6.92 Å². The minimum absolute atomic E-state index is 0.0280. The smallest absolute Gasteiger partial charge is 0.257 e. The van der Waals surface area contributed by atoms with Crippen LogP contribution in [-0.4, -0.2) is 48.5 Å². The molecule has 0 bridgehead atoms. The minimum atomic E-state index is -3.64. The summed E-state index contributed by atoms with van der Waals surface area (Å²) in [5, 5.41) is 2.57. The van der Waals surface area contributed by atoms with Gasteiger partial charge in [0.2, 0.25) is 20.0 Å². The summed E-state index contributed by atoms with van der Waals surface area (Å²) in [6, 6.07) is 12.3. The van der Waals surface area contributed by atoms with Gasteiger partial charge in [-0.2, -0.15) is 0 Å². The lowest BCUT2D eigenvalue weighted by Crippen LogP contribution is -2.36. The fraction of sp³-hybridized carbons (Fsp3) is 0.435. The first-order chi connectivity index (χ1) is 16.2. The van der Waals surface area contributed by atoms with Crippen molar-refractivity contribution in [2.24, 2.45) is 0 Å². The van der Waals surface area contributed by atoms with Crippen molar-refractivity contribution < 1.29 is 26.4 Å². The zero-order valence-corrected chi connectivity index (χ0v) is 20.8. The van der Waals surface area contributed by atoms with E-state index in [2.05, 4.69) is 14.8 Å². The number of hydrogen-bond donors (Lipinski definition) is 3. The Balaban J connectivity index is 1.39. The first kappa shape index (κ1) is 26.1. The van der Waals surface area contributed by atoms with E-state index >= 15 is 0 Å². The van der Waals surface area contributed by atoms with Crippen LogP contribution in [0, 0.1) is 6.92 Å². The molecule has 0 radical (unpaired) electrons. The van der Waals surface area contributed by atoms with E-state index in [0.717, 1.165) is 37.7 Å². The summed E-state index contributed by atoms with van der Waals surface area (Å²) in [5.74, 6) is -0.0722. The maximum atomic E-state index is 12.5. The molecule has 0 saturated heterocycles. The highest BCUT2D eigenvalue weighted by molar-refractivity contribution is 7.89. The molecule has 2 aromatic carbocycles. The largest absolute Gasteiger partial charge is 0.484 e. The van der Waals surface area contributed by atoms with Gasteiger partial charge in [0.15, 0.2) is 6.61 Å². The van der Waals surface area contributed by atoms with E-state index in [4.69, 9.17) is 4.74 Å². The third-order valence-corrected chi connectivity index (χ3v) is 8.51. The molecule has 1 fully saturated rings. The third-order valence-electron chi connectivity index (χ3n) is 5.50. The van der Waals surface area contributed by atoms with Crippen LogP contribution < -0.4 is 19.5 Å². The lowest BCUT2D eigenvalue weighted by atomic mass is 9.96. The molecule has 3 N–H and O–H groups in total. The second-order valence-corrected chi connectivity index (χ2v) is 11.8. The SMILES string of the molecule is Cc1ccc(S(=O)(=O)NCCNC(=O)COc2ccc(S(=O)(=O)NC3CCCCC3)cc2)cc1. The number of nitrogens with one attached hydrogen (secondary N) is 3. The molecule has 1 amide bonds. The van der Waals surface area contributed by atoms with Crippen LogP contribution in [0.4, 0.5) is 0 Å². The van der Waals surface area contributed by atoms with Crippen LogP contribution in [0.5, 0.6) is 5.75 Å². The average molecular weight is 510 g/mol. The van der Waals surface area contributed by atoms with Crippen LogP contribution in [0.25, 0.3) is 0 Å². The summed E-state index contributed by atoms with van der Waals surface area (Å²) < 4.78 is 60.1. The number of rotatable bonds is 11. The predicted molar refractivity (Wildman–Crippen MR) is 129 cm³/mol. The third kappa shape index (κ3) is 7.79. The summed E-state index contributed by atoms with van der Waals surface area (Å²) in [4.78, 5) is 12.3. The van der Waals surface area contributed by atoms with Gasteiger partial charge >= 0.3 is 0 Å². The molecule has 0 atom stereocenters. The Bertz CT molecular complexity index is 1160. The Kier molecular flexibility index (Phi) is 9.06. The summed E-state index contributed by atoms with van der Waals surface area (Å²) in [6.07, 6.45) is 4.90. The van der Waals surface area contributed by atoms with Crippen molar-refractivity contribution >= 4 is 26.0 Å². The van der Waals surface area contributed by atoms with Gasteiger partial charge in [0.05, 0.1) is 9.79 Å². The molecular weight excluding hydrogens is 478 g/mol. The van der Waals surface area contributed by atoms with Crippen LogP contribution in [0.3, 0.4) is 0 Å². The van der Waals surface area contributed by atoms with Crippen LogP contribution >= 0.6 is 0 Å². The molecule has 9 nitrogen and oxygen atoms in total. The quantitative estimate of drug-likeness (QED) is 0.398. The Labute approximate surface area is 201 Å². The van der Waals surface area contributed by atoms with Crippen molar-refractivity contribution in [3.8, 4) is 5.75 Å². The molecule has 1 aliphatic carbocycles. The van der Waals surface area contributed by atoms with Crippen LogP contribution in [0.15, 0.2) is 58.3 Å². The van der Waals surface area contributed by atoms with Gasteiger partial charge in [-0.25, -0.2) is 26.3 Å². The van der Waals surface area contributed by atoms with Crippen molar-refractivity contribution in [2.75, 3.05) is 19.7 Å². The lowest BCUT2D eigenvalue weighted by molar-refractivity contribution is -0.123.